The molecule has 9 nitrogen and oxygen atoms in total. The highest BCUT2D eigenvalue weighted by atomic mass is 79.9. The van der Waals surface area contributed by atoms with Gasteiger partial charge in [-0.1, -0.05) is 15.9 Å². The fourth-order valence-electron chi connectivity index (χ4n) is 3.91. The fourth-order valence-corrected chi connectivity index (χ4v) is 4.24. The number of fused-ring (bicyclic) bond motifs is 2. The van der Waals surface area contributed by atoms with Gasteiger partial charge in [0.2, 0.25) is 5.88 Å². The summed E-state index contributed by atoms with van der Waals surface area (Å²) in [6, 6.07) is 8.46. The summed E-state index contributed by atoms with van der Waals surface area (Å²) in [5.41, 5.74) is 1.68. The van der Waals surface area contributed by atoms with Gasteiger partial charge in [0.05, 0.1) is 26.0 Å². The number of nitrogens with zero attached hydrogens (tertiary/aromatic N) is 3. The van der Waals surface area contributed by atoms with Gasteiger partial charge in [-0.2, -0.15) is 4.98 Å². The molecule has 0 atom stereocenters. The van der Waals surface area contributed by atoms with Gasteiger partial charge in [-0.25, -0.2) is 9.37 Å². The molecule has 0 amide bonds. The van der Waals surface area contributed by atoms with Crippen LogP contribution in [0.3, 0.4) is 0 Å². The summed E-state index contributed by atoms with van der Waals surface area (Å²) < 4.78 is 38.2. The Labute approximate surface area is 210 Å². The van der Waals surface area contributed by atoms with E-state index in [2.05, 4.69) is 41.4 Å². The number of hydrogen-bond donors (Lipinski definition) is 2. The highest BCUT2D eigenvalue weighted by Gasteiger charge is 2.23. The lowest BCUT2D eigenvalue weighted by molar-refractivity contribution is 0.0321. The molecule has 2 aromatic carbocycles. The largest absolute Gasteiger partial charge is 0.493 e. The molecule has 2 aliphatic rings. The quantitative estimate of drug-likeness (QED) is 0.443. The lowest BCUT2D eigenvalue weighted by Crippen LogP contribution is -2.38. The molecule has 1 saturated heterocycles. The molecule has 0 saturated carbocycles. The number of nitrogens with one attached hydrogen (secondary N) is 2. The molecule has 1 aromatic heterocycles. The van der Waals surface area contributed by atoms with Crippen LogP contribution >= 0.6 is 15.9 Å². The van der Waals surface area contributed by atoms with Gasteiger partial charge in [-0.3, -0.25) is 4.90 Å². The number of aromatic nitrogens is 2. The Morgan fingerprint density at radius 2 is 2.03 bits per heavy atom. The molecule has 0 unspecified atom stereocenters. The summed E-state index contributed by atoms with van der Waals surface area (Å²) in [7, 11) is 1.61. The third-order valence-corrected chi connectivity index (χ3v) is 6.27. The number of ether oxygens (including phenoxy) is 4. The Bertz CT molecular complexity index is 1210. The minimum atomic E-state index is -0.409. The van der Waals surface area contributed by atoms with Crippen molar-refractivity contribution in [2.24, 2.45) is 0 Å². The SMILES string of the molecule is COc1cc2c(cc1OCCN1CCOCC1)Oc1ncnc(Nc3ccc(Br)cc3F)c1NC2. The summed E-state index contributed by atoms with van der Waals surface area (Å²) in [6.07, 6.45) is 1.37. The van der Waals surface area contributed by atoms with Crippen LogP contribution in [0.1, 0.15) is 5.56 Å². The smallest absolute Gasteiger partial charge is 0.248 e. The van der Waals surface area contributed by atoms with Crippen molar-refractivity contribution in [1.82, 2.24) is 14.9 Å². The highest BCUT2D eigenvalue weighted by molar-refractivity contribution is 9.10. The molecule has 2 aliphatic heterocycles. The zero-order valence-electron chi connectivity index (χ0n) is 19.1. The maximum Gasteiger partial charge on any atom is 0.248 e. The summed E-state index contributed by atoms with van der Waals surface area (Å²) in [5.74, 6) is 2.11. The zero-order valence-corrected chi connectivity index (χ0v) is 20.7. The topological polar surface area (TPSA) is 90.0 Å². The molecule has 2 N–H and O–H groups in total. The molecular formula is C24H25BrFN5O4. The first-order valence-corrected chi connectivity index (χ1v) is 12.0. The van der Waals surface area contributed by atoms with E-state index in [0.29, 0.717) is 52.3 Å². The second-order valence-electron chi connectivity index (χ2n) is 8.02. The number of methoxy groups -OCH3 is 1. The van der Waals surface area contributed by atoms with Gasteiger partial charge in [0.1, 0.15) is 30.2 Å². The Balaban J connectivity index is 1.35. The molecular weight excluding hydrogens is 521 g/mol. The molecule has 184 valence electrons. The van der Waals surface area contributed by atoms with Gasteiger partial charge >= 0.3 is 0 Å². The lowest BCUT2D eigenvalue weighted by Gasteiger charge is -2.26. The summed E-state index contributed by atoms with van der Waals surface area (Å²) >= 11 is 3.27. The van der Waals surface area contributed by atoms with Gasteiger partial charge in [0.25, 0.3) is 0 Å². The third-order valence-electron chi connectivity index (χ3n) is 5.77. The van der Waals surface area contributed by atoms with Crippen molar-refractivity contribution in [2.45, 2.75) is 6.54 Å². The minimum absolute atomic E-state index is 0.287. The van der Waals surface area contributed by atoms with Crippen molar-refractivity contribution in [1.29, 1.82) is 0 Å². The van der Waals surface area contributed by atoms with Crippen LogP contribution in [0.25, 0.3) is 0 Å². The Kier molecular flexibility index (Phi) is 7.16. The second kappa shape index (κ2) is 10.6. The van der Waals surface area contributed by atoms with Crippen LogP contribution < -0.4 is 24.8 Å². The van der Waals surface area contributed by atoms with Gasteiger partial charge in [-0.15, -0.1) is 0 Å². The molecule has 0 radical (unpaired) electrons. The maximum atomic E-state index is 14.4. The maximum absolute atomic E-state index is 14.4. The first-order valence-electron chi connectivity index (χ1n) is 11.2. The van der Waals surface area contributed by atoms with Crippen LogP contribution in [-0.2, 0) is 11.3 Å². The Morgan fingerprint density at radius 1 is 1.17 bits per heavy atom. The van der Waals surface area contributed by atoms with Crippen LogP contribution in [0.2, 0.25) is 0 Å². The minimum Gasteiger partial charge on any atom is -0.493 e. The molecule has 1 fully saturated rings. The van der Waals surface area contributed by atoms with E-state index in [4.69, 9.17) is 18.9 Å². The van der Waals surface area contributed by atoms with E-state index in [1.54, 1.807) is 19.2 Å². The van der Waals surface area contributed by atoms with Crippen molar-refractivity contribution in [3.63, 3.8) is 0 Å². The molecule has 11 heteroatoms. The first kappa shape index (κ1) is 23.6. The standard InChI is InChI=1S/C24H25BrFN5O4/c1-32-20-10-15-13-27-22-23(30-18-3-2-16(25)11-17(18)26)28-14-29-24(22)35-19(15)12-21(20)34-9-6-31-4-7-33-8-5-31/h2-3,10-12,14,27H,4-9,13H2,1H3,(H,28,29,30). The second-order valence-corrected chi connectivity index (χ2v) is 8.94. The van der Waals surface area contributed by atoms with Crippen LogP contribution in [0, 0.1) is 5.82 Å². The predicted octanol–water partition coefficient (Wildman–Crippen LogP) is 4.56. The summed E-state index contributed by atoms with van der Waals surface area (Å²) in [4.78, 5) is 10.9. The van der Waals surface area contributed by atoms with Crippen LogP contribution in [0.5, 0.6) is 23.1 Å². The monoisotopic (exact) mass is 545 g/mol. The van der Waals surface area contributed by atoms with E-state index in [0.717, 1.165) is 38.4 Å². The zero-order chi connectivity index (χ0) is 24.2. The van der Waals surface area contributed by atoms with Gasteiger partial charge in [-0.05, 0) is 24.3 Å². The molecule has 35 heavy (non-hydrogen) atoms. The van der Waals surface area contributed by atoms with Gasteiger partial charge in [0, 0.05) is 42.3 Å². The van der Waals surface area contributed by atoms with Crippen molar-refractivity contribution in [2.75, 3.05) is 57.2 Å². The van der Waals surface area contributed by atoms with E-state index in [1.807, 2.05) is 12.1 Å². The number of morpholine rings is 1. The normalized spacial score (nSPS) is 15.2. The first-order chi connectivity index (χ1) is 17.1. The van der Waals surface area contributed by atoms with Crippen molar-refractivity contribution in [3.8, 4) is 23.1 Å². The van der Waals surface area contributed by atoms with E-state index in [-0.39, 0.29) is 5.69 Å². The van der Waals surface area contributed by atoms with E-state index >= 15 is 0 Å². The Hall–Kier alpha value is -3.15. The highest BCUT2D eigenvalue weighted by Crippen LogP contribution is 2.42. The molecule has 3 aromatic rings. The number of benzene rings is 2. The summed E-state index contributed by atoms with van der Waals surface area (Å²) in [5, 5.41) is 6.32. The molecule has 5 rings (SSSR count). The number of anilines is 3. The third kappa shape index (κ3) is 5.42. The van der Waals surface area contributed by atoms with Crippen LogP contribution in [-0.4, -0.2) is 61.4 Å². The summed E-state index contributed by atoms with van der Waals surface area (Å²) in [6.45, 7) is 5.03. The van der Waals surface area contributed by atoms with Crippen molar-refractivity contribution in [3.05, 3.63) is 52.5 Å². The number of hydrogen-bond acceptors (Lipinski definition) is 9. The molecule has 3 heterocycles. The van der Waals surface area contributed by atoms with E-state index in [9.17, 15) is 4.39 Å². The van der Waals surface area contributed by atoms with Crippen LogP contribution in [0.4, 0.5) is 21.6 Å². The van der Waals surface area contributed by atoms with E-state index < -0.39 is 5.82 Å². The van der Waals surface area contributed by atoms with Crippen LogP contribution in [0.15, 0.2) is 41.1 Å². The number of halogens is 2. The van der Waals surface area contributed by atoms with Crippen molar-refractivity contribution >= 4 is 33.1 Å². The van der Waals surface area contributed by atoms with Crippen molar-refractivity contribution < 1.29 is 23.3 Å². The van der Waals surface area contributed by atoms with E-state index in [1.165, 1.54) is 12.4 Å². The molecule has 0 aliphatic carbocycles. The average Bonchev–Trinajstić information content (AvgIpc) is 3.05. The van der Waals surface area contributed by atoms with Gasteiger partial charge in [0.15, 0.2) is 17.3 Å². The number of rotatable bonds is 7. The Morgan fingerprint density at radius 3 is 2.83 bits per heavy atom. The predicted molar refractivity (Wildman–Crippen MR) is 133 cm³/mol. The molecule has 0 bridgehead atoms. The van der Waals surface area contributed by atoms with Gasteiger partial charge < -0.3 is 29.6 Å². The fraction of sp³-hybridized carbons (Fsp3) is 0.333. The lowest BCUT2D eigenvalue weighted by atomic mass is 10.1. The molecule has 0 spiro atoms. The average molecular weight is 546 g/mol.